The molecule has 2 N–H and O–H groups in total. The van der Waals surface area contributed by atoms with Crippen LogP contribution in [0.2, 0.25) is 0 Å². The van der Waals surface area contributed by atoms with Crippen molar-refractivity contribution < 1.29 is 14.3 Å². The molecule has 5 heteroatoms. The van der Waals surface area contributed by atoms with Crippen molar-refractivity contribution in [3.05, 3.63) is 34.7 Å². The molecule has 1 heterocycles. The highest BCUT2D eigenvalue weighted by molar-refractivity contribution is 5.80. The van der Waals surface area contributed by atoms with E-state index >= 15 is 0 Å². The summed E-state index contributed by atoms with van der Waals surface area (Å²) in [6, 6.07) is 6.07. The minimum absolute atomic E-state index is 0.0200. The van der Waals surface area contributed by atoms with Gasteiger partial charge in [0.05, 0.1) is 6.61 Å². The third kappa shape index (κ3) is 3.74. The molecule has 0 aliphatic rings. The average Bonchev–Trinajstić information content (AvgIpc) is 2.43. The van der Waals surface area contributed by atoms with Crippen molar-refractivity contribution >= 4 is 11.0 Å². The van der Waals surface area contributed by atoms with E-state index in [1.165, 1.54) is 12.1 Å². The lowest BCUT2D eigenvalue weighted by Crippen LogP contribution is -2.18. The van der Waals surface area contributed by atoms with Crippen LogP contribution in [0.15, 0.2) is 33.5 Å². The largest absolute Gasteiger partial charge is 0.504 e. The molecule has 0 fully saturated rings. The normalized spacial score (nSPS) is 10.8. The fraction of sp³-hybridized carbons (Fsp3) is 0.400. The predicted octanol–water partition coefficient (Wildman–Crippen LogP) is 2.27. The molecular weight excluding hydrogens is 258 g/mol. The quantitative estimate of drug-likeness (QED) is 0.600. The molecule has 0 unspecified atom stereocenters. The van der Waals surface area contributed by atoms with Crippen LogP contribution in [-0.2, 0) is 0 Å². The van der Waals surface area contributed by atoms with E-state index in [2.05, 4.69) is 12.2 Å². The summed E-state index contributed by atoms with van der Waals surface area (Å²) in [4.78, 5) is 11.1. The number of hydrogen-bond donors (Lipinski definition) is 2. The monoisotopic (exact) mass is 277 g/mol. The molecule has 2 aromatic rings. The van der Waals surface area contributed by atoms with Gasteiger partial charge >= 0.3 is 5.63 Å². The molecule has 0 radical (unpaired) electrons. The summed E-state index contributed by atoms with van der Waals surface area (Å²) in [6.07, 6.45) is 1.97. The lowest BCUT2D eigenvalue weighted by Gasteiger charge is -2.09. The highest BCUT2D eigenvalue weighted by atomic mass is 16.5. The molecule has 0 atom stereocenters. The number of nitrogens with one attached hydrogen (secondary N) is 1. The molecule has 0 amide bonds. The molecule has 2 rings (SSSR count). The molecule has 0 aliphatic heterocycles. The lowest BCUT2D eigenvalue weighted by molar-refractivity contribution is 0.292. The summed E-state index contributed by atoms with van der Waals surface area (Å²) in [5.41, 5.74) is -0.0838. The Morgan fingerprint density at radius 2 is 2.15 bits per heavy atom. The summed E-state index contributed by atoms with van der Waals surface area (Å²) >= 11 is 0. The second kappa shape index (κ2) is 6.96. The van der Waals surface area contributed by atoms with Crippen LogP contribution in [0.25, 0.3) is 11.0 Å². The van der Waals surface area contributed by atoms with E-state index in [4.69, 9.17) is 9.15 Å². The van der Waals surface area contributed by atoms with Crippen LogP contribution < -0.4 is 15.7 Å². The van der Waals surface area contributed by atoms with Gasteiger partial charge < -0.3 is 19.6 Å². The second-order valence-corrected chi connectivity index (χ2v) is 4.56. The van der Waals surface area contributed by atoms with Gasteiger partial charge in [-0.2, -0.15) is 0 Å². The zero-order valence-corrected chi connectivity index (χ0v) is 11.5. The van der Waals surface area contributed by atoms with Crippen molar-refractivity contribution in [2.45, 2.75) is 19.8 Å². The summed E-state index contributed by atoms with van der Waals surface area (Å²) in [5, 5.41) is 13.8. The van der Waals surface area contributed by atoms with Gasteiger partial charge in [-0.25, -0.2) is 4.79 Å². The van der Waals surface area contributed by atoms with Gasteiger partial charge in [-0.15, -0.1) is 0 Å². The van der Waals surface area contributed by atoms with Crippen LogP contribution in [0, 0.1) is 0 Å². The van der Waals surface area contributed by atoms with Crippen molar-refractivity contribution in [1.82, 2.24) is 5.32 Å². The smallest absolute Gasteiger partial charge is 0.336 e. The van der Waals surface area contributed by atoms with Crippen molar-refractivity contribution in [2.24, 2.45) is 0 Å². The third-order valence-corrected chi connectivity index (χ3v) is 2.88. The maximum absolute atomic E-state index is 11.1. The molecule has 0 saturated carbocycles. The Kier molecular flexibility index (Phi) is 5.01. The summed E-state index contributed by atoms with van der Waals surface area (Å²) < 4.78 is 10.5. The molecule has 0 spiro atoms. The topological polar surface area (TPSA) is 71.7 Å². The van der Waals surface area contributed by atoms with Crippen LogP contribution >= 0.6 is 0 Å². The standard InChI is InChI=1S/C15H19NO4/c1-2-6-16-7-3-8-19-14-9-11-4-5-15(18)20-13(11)10-12(14)17/h4-5,9-10,16-17H,2-3,6-8H2,1H3. The van der Waals surface area contributed by atoms with E-state index in [1.807, 2.05) is 0 Å². The zero-order valence-electron chi connectivity index (χ0n) is 11.5. The van der Waals surface area contributed by atoms with E-state index < -0.39 is 5.63 Å². The van der Waals surface area contributed by atoms with E-state index in [9.17, 15) is 9.90 Å². The van der Waals surface area contributed by atoms with Gasteiger partial charge in [-0.1, -0.05) is 6.92 Å². The summed E-state index contributed by atoms with van der Waals surface area (Å²) in [6.45, 7) is 4.53. The fourth-order valence-electron chi connectivity index (χ4n) is 1.88. The number of hydrogen-bond acceptors (Lipinski definition) is 5. The predicted molar refractivity (Wildman–Crippen MR) is 77.4 cm³/mol. The van der Waals surface area contributed by atoms with Crippen molar-refractivity contribution in [1.29, 1.82) is 0 Å². The molecule has 0 saturated heterocycles. The van der Waals surface area contributed by atoms with Crippen molar-refractivity contribution in [3.63, 3.8) is 0 Å². The van der Waals surface area contributed by atoms with E-state index in [0.29, 0.717) is 17.9 Å². The van der Waals surface area contributed by atoms with E-state index in [-0.39, 0.29) is 5.75 Å². The van der Waals surface area contributed by atoms with E-state index in [1.54, 1.807) is 12.1 Å². The Balaban J connectivity index is 1.98. The number of rotatable bonds is 7. The summed E-state index contributed by atoms with van der Waals surface area (Å²) in [7, 11) is 0. The first-order chi connectivity index (χ1) is 9.70. The maximum Gasteiger partial charge on any atom is 0.336 e. The molecule has 20 heavy (non-hydrogen) atoms. The Hall–Kier alpha value is -2.01. The minimum atomic E-state index is -0.437. The number of fused-ring (bicyclic) bond motifs is 1. The number of benzene rings is 1. The molecule has 1 aromatic heterocycles. The van der Waals surface area contributed by atoms with Crippen molar-refractivity contribution in [3.8, 4) is 11.5 Å². The van der Waals surface area contributed by atoms with Crippen LogP contribution in [0.4, 0.5) is 0 Å². The first-order valence-electron chi connectivity index (χ1n) is 6.81. The van der Waals surface area contributed by atoms with Gasteiger partial charge in [0, 0.05) is 17.5 Å². The molecule has 0 bridgehead atoms. The molecule has 108 valence electrons. The van der Waals surface area contributed by atoms with Crippen molar-refractivity contribution in [2.75, 3.05) is 19.7 Å². The van der Waals surface area contributed by atoms with Crippen LogP contribution in [0.1, 0.15) is 19.8 Å². The highest BCUT2D eigenvalue weighted by Gasteiger charge is 2.07. The van der Waals surface area contributed by atoms with Crippen LogP contribution in [0.5, 0.6) is 11.5 Å². The first kappa shape index (κ1) is 14.4. The second-order valence-electron chi connectivity index (χ2n) is 4.56. The van der Waals surface area contributed by atoms with Gasteiger partial charge in [0.1, 0.15) is 5.58 Å². The first-order valence-corrected chi connectivity index (χ1v) is 6.81. The molecule has 0 aliphatic carbocycles. The van der Waals surface area contributed by atoms with Crippen LogP contribution in [0.3, 0.4) is 0 Å². The number of aromatic hydroxyl groups is 1. The molecule has 5 nitrogen and oxygen atoms in total. The SMILES string of the molecule is CCCNCCCOc1cc2ccc(=O)oc2cc1O. The Bertz CT molecular complexity index is 621. The lowest BCUT2D eigenvalue weighted by atomic mass is 10.2. The Labute approximate surface area is 117 Å². The van der Waals surface area contributed by atoms with Gasteiger partial charge in [-0.05, 0) is 38.1 Å². The Morgan fingerprint density at radius 1 is 1.30 bits per heavy atom. The van der Waals surface area contributed by atoms with Gasteiger partial charge in [0.15, 0.2) is 11.5 Å². The molecular formula is C15H19NO4. The highest BCUT2D eigenvalue weighted by Crippen LogP contribution is 2.30. The van der Waals surface area contributed by atoms with Gasteiger partial charge in [0.25, 0.3) is 0 Å². The molecule has 1 aromatic carbocycles. The Morgan fingerprint density at radius 3 is 2.95 bits per heavy atom. The maximum atomic E-state index is 11.1. The number of phenols is 1. The summed E-state index contributed by atoms with van der Waals surface area (Å²) in [5.74, 6) is 0.384. The number of phenolic OH excluding ortho intramolecular Hbond substituents is 1. The number of ether oxygens (including phenoxy) is 1. The zero-order chi connectivity index (χ0) is 14.4. The van der Waals surface area contributed by atoms with Gasteiger partial charge in [-0.3, -0.25) is 0 Å². The van der Waals surface area contributed by atoms with Crippen LogP contribution in [-0.4, -0.2) is 24.8 Å². The van der Waals surface area contributed by atoms with E-state index in [0.717, 1.165) is 31.3 Å². The fourth-order valence-corrected chi connectivity index (χ4v) is 1.88. The average molecular weight is 277 g/mol. The van der Waals surface area contributed by atoms with Gasteiger partial charge in [0.2, 0.25) is 0 Å². The third-order valence-electron chi connectivity index (χ3n) is 2.88. The minimum Gasteiger partial charge on any atom is -0.504 e.